The number of rotatable bonds is 3. The Morgan fingerprint density at radius 2 is 2.24 bits per heavy atom. The lowest BCUT2D eigenvalue weighted by Gasteiger charge is -2.19. The Kier molecular flexibility index (Phi) is 5.17. The van der Waals surface area contributed by atoms with Crippen molar-refractivity contribution in [3.05, 3.63) is 23.3 Å². The van der Waals surface area contributed by atoms with Crippen LogP contribution in [0.3, 0.4) is 0 Å². The molecule has 0 aliphatic carbocycles. The fourth-order valence-electron chi connectivity index (χ4n) is 1.32. The lowest BCUT2D eigenvalue weighted by atomic mass is 10.2. The van der Waals surface area contributed by atoms with Gasteiger partial charge in [-0.25, -0.2) is 4.79 Å². The molecule has 0 atom stereocenters. The SMILES string of the molecule is CC(C)(C)OC(=O)NCC(=N)n1nc(/C=N/O)ccc1=N. The van der Waals surface area contributed by atoms with Gasteiger partial charge in [-0.2, -0.15) is 9.78 Å². The van der Waals surface area contributed by atoms with Crippen LogP contribution in [0.25, 0.3) is 0 Å². The van der Waals surface area contributed by atoms with Gasteiger partial charge in [-0.15, -0.1) is 0 Å². The van der Waals surface area contributed by atoms with Crippen molar-refractivity contribution in [3.8, 4) is 0 Å². The zero-order valence-electron chi connectivity index (χ0n) is 12.0. The first-order valence-electron chi connectivity index (χ1n) is 6.10. The largest absolute Gasteiger partial charge is 0.444 e. The van der Waals surface area contributed by atoms with Crippen molar-refractivity contribution in [1.29, 1.82) is 10.8 Å². The van der Waals surface area contributed by atoms with Gasteiger partial charge in [0.05, 0.1) is 12.8 Å². The van der Waals surface area contributed by atoms with Crippen LogP contribution in [0.15, 0.2) is 17.3 Å². The van der Waals surface area contributed by atoms with Crippen LogP contribution in [-0.2, 0) is 4.74 Å². The van der Waals surface area contributed by atoms with E-state index in [0.717, 1.165) is 10.9 Å². The number of carbonyl (C=O) groups is 1. The Labute approximate surface area is 121 Å². The number of ether oxygens (including phenoxy) is 1. The van der Waals surface area contributed by atoms with E-state index in [-0.39, 0.29) is 23.6 Å². The second kappa shape index (κ2) is 6.64. The van der Waals surface area contributed by atoms with Gasteiger partial charge in [-0.3, -0.25) is 10.8 Å². The molecule has 1 aromatic heterocycles. The van der Waals surface area contributed by atoms with E-state index in [1.807, 2.05) is 0 Å². The Balaban J connectivity index is 2.74. The van der Waals surface area contributed by atoms with Gasteiger partial charge < -0.3 is 15.3 Å². The minimum Gasteiger partial charge on any atom is -0.444 e. The smallest absolute Gasteiger partial charge is 0.408 e. The number of amides is 1. The van der Waals surface area contributed by atoms with Gasteiger partial charge in [0.15, 0.2) is 0 Å². The first-order valence-corrected chi connectivity index (χ1v) is 6.10. The van der Waals surface area contributed by atoms with Crippen molar-refractivity contribution >= 4 is 18.1 Å². The van der Waals surface area contributed by atoms with Crippen LogP contribution >= 0.6 is 0 Å². The molecule has 1 amide bonds. The fraction of sp³-hybridized carbons (Fsp3) is 0.417. The minimum absolute atomic E-state index is 0.0407. The predicted octanol–water partition coefficient (Wildman–Crippen LogP) is 0.521. The normalized spacial score (nSPS) is 11.4. The summed E-state index contributed by atoms with van der Waals surface area (Å²) in [7, 11) is 0. The van der Waals surface area contributed by atoms with Gasteiger partial charge in [-0.1, -0.05) is 5.16 Å². The number of hydrogen-bond donors (Lipinski definition) is 4. The first-order chi connectivity index (χ1) is 9.73. The molecule has 0 fully saturated rings. The summed E-state index contributed by atoms with van der Waals surface area (Å²) in [5.41, 5.74) is -0.396. The summed E-state index contributed by atoms with van der Waals surface area (Å²) >= 11 is 0. The van der Waals surface area contributed by atoms with E-state index in [4.69, 9.17) is 20.8 Å². The molecule has 0 bridgehead atoms. The molecule has 1 aromatic rings. The molecule has 9 heteroatoms. The topological polar surface area (TPSA) is 136 Å². The number of carbonyl (C=O) groups excluding carboxylic acids is 1. The number of aromatic nitrogens is 2. The molecule has 21 heavy (non-hydrogen) atoms. The van der Waals surface area contributed by atoms with Crippen LogP contribution in [0.5, 0.6) is 0 Å². The summed E-state index contributed by atoms with van der Waals surface area (Å²) in [6, 6.07) is 2.86. The number of nitrogens with zero attached hydrogens (tertiary/aromatic N) is 3. The number of alkyl carbamates (subject to hydrolysis) is 1. The predicted molar refractivity (Wildman–Crippen MR) is 74.8 cm³/mol. The van der Waals surface area contributed by atoms with Gasteiger partial charge in [-0.05, 0) is 32.9 Å². The van der Waals surface area contributed by atoms with Crippen molar-refractivity contribution in [1.82, 2.24) is 15.1 Å². The third kappa shape index (κ3) is 5.43. The highest BCUT2D eigenvalue weighted by molar-refractivity contribution is 5.86. The molecular weight excluding hydrogens is 276 g/mol. The summed E-state index contributed by atoms with van der Waals surface area (Å²) in [6.07, 6.45) is 0.414. The maximum Gasteiger partial charge on any atom is 0.408 e. The highest BCUT2D eigenvalue weighted by atomic mass is 16.6. The van der Waals surface area contributed by atoms with E-state index in [0.29, 0.717) is 0 Å². The van der Waals surface area contributed by atoms with E-state index in [1.165, 1.54) is 12.1 Å². The van der Waals surface area contributed by atoms with Crippen LogP contribution in [0.4, 0.5) is 4.79 Å². The van der Waals surface area contributed by atoms with Crippen LogP contribution in [-0.4, -0.2) is 45.3 Å². The average molecular weight is 294 g/mol. The van der Waals surface area contributed by atoms with Gasteiger partial charge in [0.25, 0.3) is 0 Å². The van der Waals surface area contributed by atoms with E-state index < -0.39 is 11.7 Å². The highest BCUT2D eigenvalue weighted by Crippen LogP contribution is 2.06. The standard InChI is InChI=1S/C12H18N6O3/c1-12(2,3)21-11(19)15-7-10(14)18-9(13)5-4-8(17-18)6-16-20/h4-6,13-14,20H,7H2,1-3H3,(H,15,19)/b13-9?,14-10?,16-6+. The van der Waals surface area contributed by atoms with Crippen molar-refractivity contribution in [2.75, 3.05) is 6.54 Å². The van der Waals surface area contributed by atoms with Crippen molar-refractivity contribution in [2.45, 2.75) is 26.4 Å². The summed E-state index contributed by atoms with van der Waals surface area (Å²) in [6.45, 7) is 5.04. The molecule has 0 spiro atoms. The Hall–Kier alpha value is -2.71. The lowest BCUT2D eigenvalue weighted by molar-refractivity contribution is 0.0535. The summed E-state index contributed by atoms with van der Waals surface area (Å²) in [5, 5.41) is 33.1. The molecule has 4 N–H and O–H groups in total. The Morgan fingerprint density at radius 1 is 1.57 bits per heavy atom. The van der Waals surface area contributed by atoms with Crippen LogP contribution < -0.4 is 10.8 Å². The van der Waals surface area contributed by atoms with Crippen molar-refractivity contribution in [3.63, 3.8) is 0 Å². The molecule has 1 rings (SSSR count). The van der Waals surface area contributed by atoms with Gasteiger partial charge in [0.2, 0.25) is 0 Å². The van der Waals surface area contributed by atoms with Crippen LogP contribution in [0.2, 0.25) is 0 Å². The average Bonchev–Trinajstić information content (AvgIpc) is 2.36. The quantitative estimate of drug-likeness (QED) is 0.279. The van der Waals surface area contributed by atoms with E-state index in [1.54, 1.807) is 20.8 Å². The molecular formula is C12H18N6O3. The maximum absolute atomic E-state index is 11.5. The van der Waals surface area contributed by atoms with E-state index >= 15 is 0 Å². The van der Waals surface area contributed by atoms with Gasteiger partial charge in [0.1, 0.15) is 22.6 Å². The minimum atomic E-state index is -0.660. The van der Waals surface area contributed by atoms with Crippen LogP contribution in [0.1, 0.15) is 26.5 Å². The zero-order chi connectivity index (χ0) is 16.0. The molecule has 0 aliphatic rings. The molecule has 114 valence electrons. The number of hydrogen-bond acceptors (Lipinski definition) is 7. The molecule has 0 saturated carbocycles. The maximum atomic E-state index is 11.5. The molecule has 9 nitrogen and oxygen atoms in total. The molecule has 0 aromatic carbocycles. The Bertz CT molecular complexity index is 614. The molecule has 0 aliphatic heterocycles. The molecule has 1 heterocycles. The lowest BCUT2D eigenvalue weighted by Crippen LogP contribution is -2.40. The molecule has 0 saturated heterocycles. The summed E-state index contributed by atoms with van der Waals surface area (Å²) in [5.74, 6) is -0.126. The second-order valence-corrected chi connectivity index (χ2v) is 5.10. The fourth-order valence-corrected chi connectivity index (χ4v) is 1.32. The van der Waals surface area contributed by atoms with Crippen LogP contribution in [0, 0.1) is 10.8 Å². The molecule has 0 radical (unpaired) electrons. The molecule has 0 unspecified atom stereocenters. The Morgan fingerprint density at radius 3 is 2.81 bits per heavy atom. The third-order valence-corrected chi connectivity index (χ3v) is 2.10. The summed E-state index contributed by atoms with van der Waals surface area (Å²) in [4.78, 5) is 11.5. The van der Waals surface area contributed by atoms with Gasteiger partial charge in [0, 0.05) is 0 Å². The number of oxime groups is 1. The third-order valence-electron chi connectivity index (χ3n) is 2.10. The van der Waals surface area contributed by atoms with Gasteiger partial charge >= 0.3 is 6.09 Å². The van der Waals surface area contributed by atoms with Crippen molar-refractivity contribution < 1.29 is 14.7 Å². The second-order valence-electron chi connectivity index (χ2n) is 5.10. The number of nitrogens with one attached hydrogen (secondary N) is 3. The highest BCUT2D eigenvalue weighted by Gasteiger charge is 2.16. The zero-order valence-corrected chi connectivity index (χ0v) is 12.0. The van der Waals surface area contributed by atoms with Crippen molar-refractivity contribution in [2.24, 2.45) is 5.16 Å². The first kappa shape index (κ1) is 16.3. The monoisotopic (exact) mass is 294 g/mol. The van der Waals surface area contributed by atoms with E-state index in [9.17, 15) is 4.79 Å². The van der Waals surface area contributed by atoms with E-state index in [2.05, 4.69) is 15.6 Å². The summed E-state index contributed by atoms with van der Waals surface area (Å²) < 4.78 is 6.05.